The van der Waals surface area contributed by atoms with Crippen LogP contribution in [0.3, 0.4) is 0 Å². The van der Waals surface area contributed by atoms with Crippen LogP contribution in [0.25, 0.3) is 5.69 Å². The molecule has 0 saturated carbocycles. The van der Waals surface area contributed by atoms with Crippen LogP contribution in [0.5, 0.6) is 5.75 Å². The number of methoxy groups -OCH3 is 1. The molecule has 1 aliphatic heterocycles. The Balaban J connectivity index is 1.77. The second-order valence-corrected chi connectivity index (χ2v) is 7.46. The predicted molar refractivity (Wildman–Crippen MR) is 111 cm³/mol. The molecule has 3 aromatic rings. The van der Waals surface area contributed by atoms with Crippen molar-refractivity contribution in [1.29, 1.82) is 0 Å². The van der Waals surface area contributed by atoms with Gasteiger partial charge < -0.3 is 10.1 Å². The van der Waals surface area contributed by atoms with Crippen LogP contribution in [-0.2, 0) is 12.8 Å². The summed E-state index contributed by atoms with van der Waals surface area (Å²) in [6.07, 6.45) is 4.20. The molecule has 0 amide bonds. The summed E-state index contributed by atoms with van der Waals surface area (Å²) in [4.78, 5) is 0. The fourth-order valence-corrected chi connectivity index (χ4v) is 3.80. The summed E-state index contributed by atoms with van der Waals surface area (Å²) in [6.45, 7) is 3.07. The summed E-state index contributed by atoms with van der Waals surface area (Å²) in [7, 11) is 1.69. The van der Waals surface area contributed by atoms with E-state index in [9.17, 15) is 0 Å². The molecule has 140 valence electrons. The molecule has 1 N–H and O–H groups in total. The quantitative estimate of drug-likeness (QED) is 0.676. The van der Waals surface area contributed by atoms with Crippen molar-refractivity contribution < 1.29 is 4.74 Å². The van der Waals surface area contributed by atoms with Gasteiger partial charge in [0.05, 0.1) is 18.5 Å². The monoisotopic (exact) mass is 381 g/mol. The van der Waals surface area contributed by atoms with E-state index in [2.05, 4.69) is 24.4 Å². The fraction of sp³-hybridized carbons (Fsp3) is 0.318. The van der Waals surface area contributed by atoms with E-state index in [1.807, 2.05) is 35.0 Å². The van der Waals surface area contributed by atoms with Crippen molar-refractivity contribution in [3.8, 4) is 11.4 Å². The molecule has 0 atom stereocenters. The van der Waals surface area contributed by atoms with Gasteiger partial charge in [-0.15, -0.1) is 0 Å². The van der Waals surface area contributed by atoms with Crippen LogP contribution in [0.15, 0.2) is 42.5 Å². The van der Waals surface area contributed by atoms with Crippen LogP contribution >= 0.6 is 11.6 Å². The van der Waals surface area contributed by atoms with Gasteiger partial charge in [0, 0.05) is 23.6 Å². The van der Waals surface area contributed by atoms with Crippen LogP contribution in [0.4, 0.5) is 5.82 Å². The number of halogens is 1. The first kappa shape index (κ1) is 17.9. The zero-order chi connectivity index (χ0) is 18.8. The van der Waals surface area contributed by atoms with Crippen LogP contribution in [0.2, 0.25) is 5.02 Å². The first-order chi connectivity index (χ1) is 13.2. The van der Waals surface area contributed by atoms with Gasteiger partial charge >= 0.3 is 0 Å². The van der Waals surface area contributed by atoms with E-state index in [-0.39, 0.29) is 0 Å². The third kappa shape index (κ3) is 3.67. The second-order valence-electron chi connectivity index (χ2n) is 7.03. The Hall–Kier alpha value is -2.46. The molecule has 0 radical (unpaired) electrons. The molecular weight excluding hydrogens is 358 g/mol. The van der Waals surface area contributed by atoms with E-state index in [1.165, 1.54) is 24.0 Å². The molecule has 0 fully saturated rings. The number of nitrogens with zero attached hydrogens (tertiary/aromatic N) is 2. The number of nitrogens with one attached hydrogen (secondary N) is 1. The zero-order valence-electron chi connectivity index (χ0n) is 15.8. The van der Waals surface area contributed by atoms with Crippen LogP contribution < -0.4 is 10.1 Å². The highest BCUT2D eigenvalue weighted by Gasteiger charge is 2.21. The second kappa shape index (κ2) is 7.65. The lowest BCUT2D eigenvalue weighted by Gasteiger charge is -2.12. The van der Waals surface area contributed by atoms with Gasteiger partial charge in [0.15, 0.2) is 0 Å². The number of anilines is 1. The minimum absolute atomic E-state index is 0.727. The van der Waals surface area contributed by atoms with Crippen molar-refractivity contribution in [2.45, 2.75) is 32.6 Å². The van der Waals surface area contributed by atoms with Gasteiger partial charge in [0.25, 0.3) is 0 Å². The first-order valence-corrected chi connectivity index (χ1v) is 9.77. The van der Waals surface area contributed by atoms with Crippen molar-refractivity contribution in [1.82, 2.24) is 9.78 Å². The summed E-state index contributed by atoms with van der Waals surface area (Å²) in [5.41, 5.74) is 5.88. The summed E-state index contributed by atoms with van der Waals surface area (Å²) in [5.74, 6) is 1.99. The molecule has 2 heterocycles. The number of fused-ring (bicyclic) bond motifs is 1. The average Bonchev–Trinajstić information content (AvgIpc) is 2.85. The number of aromatic nitrogens is 2. The summed E-state index contributed by atoms with van der Waals surface area (Å²) < 4.78 is 7.31. The Morgan fingerprint density at radius 3 is 2.74 bits per heavy atom. The molecule has 4 rings (SSSR count). The molecule has 2 aromatic carbocycles. The Kier molecular flexibility index (Phi) is 5.08. The largest absolute Gasteiger partial charge is 0.497 e. The summed E-state index contributed by atoms with van der Waals surface area (Å²) in [6, 6.07) is 14.2. The average molecular weight is 382 g/mol. The van der Waals surface area contributed by atoms with Crippen molar-refractivity contribution in [3.05, 3.63) is 69.9 Å². The fourth-order valence-electron chi connectivity index (χ4n) is 3.64. The molecule has 0 unspecified atom stereocenters. The van der Waals surface area contributed by atoms with Gasteiger partial charge in [-0.05, 0) is 61.6 Å². The van der Waals surface area contributed by atoms with Crippen LogP contribution in [-0.4, -0.2) is 23.4 Å². The van der Waals surface area contributed by atoms with E-state index in [0.29, 0.717) is 0 Å². The molecule has 1 aromatic heterocycles. The maximum Gasteiger partial charge on any atom is 0.133 e. The van der Waals surface area contributed by atoms with Crippen molar-refractivity contribution in [2.75, 3.05) is 19.0 Å². The number of hydrogen-bond acceptors (Lipinski definition) is 3. The molecule has 0 spiro atoms. The van der Waals surface area contributed by atoms with Crippen molar-refractivity contribution >= 4 is 17.4 Å². The minimum atomic E-state index is 0.727. The maximum absolute atomic E-state index is 6.27. The Bertz CT molecular complexity index is 947. The van der Waals surface area contributed by atoms with Gasteiger partial charge in [-0.2, -0.15) is 5.10 Å². The number of benzene rings is 2. The van der Waals surface area contributed by atoms with Gasteiger partial charge in [0.1, 0.15) is 11.6 Å². The molecule has 0 saturated heterocycles. The number of hydrogen-bond donors (Lipinski definition) is 1. The maximum atomic E-state index is 6.27. The van der Waals surface area contributed by atoms with Gasteiger partial charge in [0.2, 0.25) is 0 Å². The SMILES string of the molecule is COc1ccc(Cc2nn(-c3cc(Cl)ccc3C)c3c2CCCCN3)cc1. The zero-order valence-corrected chi connectivity index (χ0v) is 16.5. The van der Waals surface area contributed by atoms with E-state index in [1.54, 1.807) is 7.11 Å². The van der Waals surface area contributed by atoms with E-state index in [4.69, 9.17) is 21.4 Å². The highest BCUT2D eigenvalue weighted by molar-refractivity contribution is 6.30. The minimum Gasteiger partial charge on any atom is -0.497 e. The van der Waals surface area contributed by atoms with Gasteiger partial charge in [-0.1, -0.05) is 29.8 Å². The molecule has 0 bridgehead atoms. The topological polar surface area (TPSA) is 39.1 Å². The van der Waals surface area contributed by atoms with E-state index < -0.39 is 0 Å². The van der Waals surface area contributed by atoms with Crippen LogP contribution in [0, 0.1) is 6.92 Å². The lowest BCUT2D eigenvalue weighted by molar-refractivity contribution is 0.414. The van der Waals surface area contributed by atoms with E-state index in [0.717, 1.165) is 52.9 Å². The molecular formula is C22H24ClN3O. The Labute approximate surface area is 165 Å². The van der Waals surface area contributed by atoms with Crippen molar-refractivity contribution in [3.63, 3.8) is 0 Å². The molecule has 4 nitrogen and oxygen atoms in total. The lowest BCUT2D eigenvalue weighted by atomic mass is 10.0. The summed E-state index contributed by atoms with van der Waals surface area (Å²) >= 11 is 6.27. The number of rotatable bonds is 4. The highest BCUT2D eigenvalue weighted by atomic mass is 35.5. The molecule has 1 aliphatic rings. The normalized spacial score (nSPS) is 13.6. The highest BCUT2D eigenvalue weighted by Crippen LogP contribution is 2.31. The number of aryl methyl sites for hydroxylation is 1. The van der Waals surface area contributed by atoms with Gasteiger partial charge in [-0.3, -0.25) is 0 Å². The molecule has 5 heteroatoms. The summed E-state index contributed by atoms with van der Waals surface area (Å²) in [5, 5.41) is 9.34. The molecule has 0 aliphatic carbocycles. The van der Waals surface area contributed by atoms with Crippen LogP contribution in [0.1, 0.15) is 35.2 Å². The first-order valence-electron chi connectivity index (χ1n) is 9.40. The third-order valence-corrected chi connectivity index (χ3v) is 5.38. The predicted octanol–water partition coefficient (Wildman–Crippen LogP) is 5.18. The third-order valence-electron chi connectivity index (χ3n) is 5.14. The van der Waals surface area contributed by atoms with Gasteiger partial charge in [-0.25, -0.2) is 4.68 Å². The lowest BCUT2D eigenvalue weighted by Crippen LogP contribution is -2.08. The Morgan fingerprint density at radius 2 is 1.96 bits per heavy atom. The van der Waals surface area contributed by atoms with E-state index >= 15 is 0 Å². The standard InChI is InChI=1S/C22H24ClN3O/c1-15-6-9-17(23)14-21(15)26-22-19(5-3-4-12-24-22)20(25-26)13-16-7-10-18(27-2)11-8-16/h6-11,14,24H,3-5,12-13H2,1-2H3. The Morgan fingerprint density at radius 1 is 1.15 bits per heavy atom. The van der Waals surface area contributed by atoms with Crippen molar-refractivity contribution in [2.24, 2.45) is 0 Å². The molecule has 27 heavy (non-hydrogen) atoms. The number of ether oxygens (including phenoxy) is 1. The smallest absolute Gasteiger partial charge is 0.133 e.